The molecule has 0 spiro atoms. The zero-order valence-corrected chi connectivity index (χ0v) is 20.5. The van der Waals surface area contributed by atoms with Crippen molar-refractivity contribution in [3.63, 3.8) is 0 Å². The van der Waals surface area contributed by atoms with Gasteiger partial charge in [0.15, 0.2) is 0 Å². The van der Waals surface area contributed by atoms with Gasteiger partial charge in [0.2, 0.25) is 0 Å². The van der Waals surface area contributed by atoms with Crippen LogP contribution < -0.4 is 4.74 Å². The summed E-state index contributed by atoms with van der Waals surface area (Å²) in [6, 6.07) is 27.5. The van der Waals surface area contributed by atoms with Gasteiger partial charge in [-0.05, 0) is 53.9 Å². The van der Waals surface area contributed by atoms with Crippen molar-refractivity contribution >= 4 is 56.8 Å². The number of nitrogens with zero attached hydrogens (tertiary/aromatic N) is 3. The average molecular weight is 478 g/mol. The zero-order valence-electron chi connectivity index (χ0n) is 19.7. The highest BCUT2D eigenvalue weighted by molar-refractivity contribution is 8.06. The Labute approximate surface area is 209 Å². The van der Waals surface area contributed by atoms with Crippen LogP contribution in [0.4, 0.5) is 0 Å². The third-order valence-electron chi connectivity index (χ3n) is 6.60. The van der Waals surface area contributed by atoms with E-state index in [2.05, 4.69) is 94.5 Å². The van der Waals surface area contributed by atoms with Crippen molar-refractivity contribution in [2.24, 2.45) is 10.2 Å². The molecule has 0 amide bonds. The van der Waals surface area contributed by atoms with E-state index in [0.717, 1.165) is 47.1 Å². The number of para-hydroxylation sites is 1. The Bertz CT molecular complexity index is 1580. The summed E-state index contributed by atoms with van der Waals surface area (Å²) in [5.74, 6) is 2.12. The molecule has 4 nitrogen and oxygen atoms in total. The summed E-state index contributed by atoms with van der Waals surface area (Å²) in [6.45, 7) is 3.86. The first-order chi connectivity index (χ1) is 17.3. The van der Waals surface area contributed by atoms with Gasteiger partial charge in [-0.25, -0.2) is 0 Å². The fourth-order valence-electron chi connectivity index (χ4n) is 4.75. The van der Waals surface area contributed by atoms with E-state index in [4.69, 9.17) is 4.74 Å². The molecule has 5 aromatic rings. The summed E-state index contributed by atoms with van der Waals surface area (Å²) < 4.78 is 8.51. The maximum Gasteiger partial charge on any atom is 0.128 e. The van der Waals surface area contributed by atoms with Crippen LogP contribution >= 0.6 is 11.8 Å². The van der Waals surface area contributed by atoms with Gasteiger partial charge in [0.1, 0.15) is 5.75 Å². The van der Waals surface area contributed by atoms with E-state index in [1.54, 1.807) is 0 Å². The van der Waals surface area contributed by atoms with Crippen molar-refractivity contribution in [2.75, 3.05) is 12.4 Å². The number of benzene rings is 4. The van der Waals surface area contributed by atoms with E-state index >= 15 is 0 Å². The molecule has 2 heterocycles. The molecule has 1 unspecified atom stereocenters. The van der Waals surface area contributed by atoms with Crippen molar-refractivity contribution in [1.29, 1.82) is 0 Å². The molecular formula is C30H27N3OS. The van der Waals surface area contributed by atoms with Crippen LogP contribution in [0.25, 0.3) is 32.6 Å². The molecule has 0 radical (unpaired) electrons. The van der Waals surface area contributed by atoms with E-state index < -0.39 is 0 Å². The monoisotopic (exact) mass is 477 g/mol. The van der Waals surface area contributed by atoms with E-state index in [0.29, 0.717) is 0 Å². The quantitative estimate of drug-likeness (QED) is 0.134. The van der Waals surface area contributed by atoms with Crippen LogP contribution in [-0.2, 0) is 6.54 Å². The maximum absolute atomic E-state index is 6.15. The highest BCUT2D eigenvalue weighted by Crippen LogP contribution is 2.34. The molecule has 1 fully saturated rings. The van der Waals surface area contributed by atoms with Crippen molar-refractivity contribution in [3.8, 4) is 5.75 Å². The van der Waals surface area contributed by atoms with Gasteiger partial charge in [0.25, 0.3) is 0 Å². The van der Waals surface area contributed by atoms with Gasteiger partial charge in [-0.2, -0.15) is 22.0 Å². The number of aryl methyl sites for hydroxylation is 1. The summed E-state index contributed by atoms with van der Waals surface area (Å²) in [7, 11) is 0. The third kappa shape index (κ3) is 4.44. The van der Waals surface area contributed by atoms with Gasteiger partial charge in [0, 0.05) is 44.9 Å². The smallest absolute Gasteiger partial charge is 0.128 e. The van der Waals surface area contributed by atoms with Crippen LogP contribution in [0.3, 0.4) is 0 Å². The largest absolute Gasteiger partial charge is 0.493 e. The predicted molar refractivity (Wildman–Crippen MR) is 151 cm³/mol. The lowest BCUT2D eigenvalue weighted by atomic mass is 10.0. The molecule has 1 atom stereocenters. The summed E-state index contributed by atoms with van der Waals surface area (Å²) in [4.78, 5) is 0. The highest BCUT2D eigenvalue weighted by Gasteiger charge is 2.22. The minimum absolute atomic E-state index is 0.728. The summed E-state index contributed by atoms with van der Waals surface area (Å²) in [6.07, 6.45) is 4.73. The first kappa shape index (κ1) is 21.9. The number of rotatable bonds is 8. The number of ether oxygens (including phenoxy) is 1. The van der Waals surface area contributed by atoms with E-state index in [9.17, 15) is 0 Å². The molecule has 5 heteroatoms. The standard InChI is InChI=1S/C30H27N3OS/c1-2-33-28-10-6-5-9-25(28)26-17-21(11-13-29(26)33)18-31-32-19-27-24-8-4-3-7-22(24)12-14-30(27)34-16-15-23-20-35-23/h3-14,17-19,23H,2,15-16,20H2,1H3/b31-18+,32-19+. The lowest BCUT2D eigenvalue weighted by molar-refractivity contribution is 0.314. The van der Waals surface area contributed by atoms with Gasteiger partial charge >= 0.3 is 0 Å². The normalized spacial score (nSPS) is 15.7. The van der Waals surface area contributed by atoms with Crippen molar-refractivity contribution in [1.82, 2.24) is 4.57 Å². The van der Waals surface area contributed by atoms with Gasteiger partial charge in [0.05, 0.1) is 19.0 Å². The fraction of sp³-hybridized carbons (Fsp3) is 0.200. The fourth-order valence-corrected chi connectivity index (χ4v) is 5.32. The Morgan fingerprint density at radius 3 is 2.51 bits per heavy atom. The molecule has 174 valence electrons. The minimum Gasteiger partial charge on any atom is -0.493 e. The maximum atomic E-state index is 6.15. The first-order valence-electron chi connectivity index (χ1n) is 12.2. The molecular weight excluding hydrogens is 450 g/mol. The Kier molecular flexibility index (Phi) is 6.01. The molecule has 1 aliphatic heterocycles. The number of hydrogen-bond donors (Lipinski definition) is 0. The number of aromatic nitrogens is 1. The Morgan fingerprint density at radius 2 is 1.66 bits per heavy atom. The average Bonchev–Trinajstić information content (AvgIpc) is 3.67. The van der Waals surface area contributed by atoms with Crippen molar-refractivity contribution < 1.29 is 4.74 Å². The minimum atomic E-state index is 0.728. The molecule has 0 saturated carbocycles. The van der Waals surface area contributed by atoms with Crippen LogP contribution in [0.1, 0.15) is 24.5 Å². The number of hydrogen-bond acceptors (Lipinski definition) is 4. The van der Waals surface area contributed by atoms with Gasteiger partial charge in [-0.1, -0.05) is 54.6 Å². The molecule has 4 aromatic carbocycles. The third-order valence-corrected chi connectivity index (χ3v) is 7.64. The Hall–Kier alpha value is -3.57. The molecule has 6 rings (SSSR count). The molecule has 0 aliphatic carbocycles. The molecule has 35 heavy (non-hydrogen) atoms. The second-order valence-corrected chi connectivity index (χ2v) is 10.2. The molecule has 1 aromatic heterocycles. The van der Waals surface area contributed by atoms with Crippen LogP contribution in [0, 0.1) is 0 Å². The molecule has 0 N–H and O–H groups in total. The van der Waals surface area contributed by atoms with E-state index in [1.807, 2.05) is 30.3 Å². The summed E-state index contributed by atoms with van der Waals surface area (Å²) in [5, 5.41) is 14.4. The Balaban J connectivity index is 1.29. The second-order valence-electron chi connectivity index (χ2n) is 8.82. The zero-order chi connectivity index (χ0) is 23.6. The Morgan fingerprint density at radius 1 is 0.886 bits per heavy atom. The summed E-state index contributed by atoms with van der Waals surface area (Å²) in [5.41, 5.74) is 4.52. The molecule has 1 saturated heterocycles. The lowest BCUT2D eigenvalue weighted by Crippen LogP contribution is -2.03. The van der Waals surface area contributed by atoms with Crippen molar-refractivity contribution in [3.05, 3.63) is 90.0 Å². The topological polar surface area (TPSA) is 38.9 Å². The van der Waals surface area contributed by atoms with Gasteiger partial charge in [-0.15, -0.1) is 0 Å². The SMILES string of the molecule is CCn1c2ccccc2c2cc(/C=N/N=C/c3c(OCCC4CS4)ccc4ccccc34)ccc21. The highest BCUT2D eigenvalue weighted by atomic mass is 32.2. The number of thioether (sulfide) groups is 1. The predicted octanol–water partition coefficient (Wildman–Crippen LogP) is 7.30. The van der Waals surface area contributed by atoms with Crippen LogP contribution in [0.5, 0.6) is 5.75 Å². The lowest BCUT2D eigenvalue weighted by Gasteiger charge is -2.11. The molecule has 0 bridgehead atoms. The van der Waals surface area contributed by atoms with Crippen LogP contribution in [0.15, 0.2) is 89.1 Å². The van der Waals surface area contributed by atoms with Crippen LogP contribution in [-0.4, -0.2) is 34.6 Å². The molecule has 1 aliphatic rings. The summed E-state index contributed by atoms with van der Waals surface area (Å²) >= 11 is 2.00. The van der Waals surface area contributed by atoms with Crippen LogP contribution in [0.2, 0.25) is 0 Å². The number of fused-ring (bicyclic) bond motifs is 4. The van der Waals surface area contributed by atoms with E-state index in [1.165, 1.54) is 32.9 Å². The second kappa shape index (κ2) is 9.59. The van der Waals surface area contributed by atoms with E-state index in [-0.39, 0.29) is 0 Å². The first-order valence-corrected chi connectivity index (χ1v) is 13.2. The van der Waals surface area contributed by atoms with Gasteiger partial charge in [-0.3, -0.25) is 0 Å². The van der Waals surface area contributed by atoms with Crippen molar-refractivity contribution in [2.45, 2.75) is 25.1 Å². The van der Waals surface area contributed by atoms with Gasteiger partial charge < -0.3 is 9.30 Å².